The summed E-state index contributed by atoms with van der Waals surface area (Å²) >= 11 is 0. The third-order valence-electron chi connectivity index (χ3n) is 3.78. The molecule has 6 nitrogen and oxygen atoms in total. The molecule has 3 rings (SSSR count). The van der Waals surface area contributed by atoms with Crippen molar-refractivity contribution >= 4 is 29.0 Å². The molecule has 0 saturated carbocycles. The molecular formula is C21H17F2N3O3. The lowest BCUT2D eigenvalue weighted by molar-refractivity contribution is -0.0501. The fourth-order valence-corrected chi connectivity index (χ4v) is 2.50. The van der Waals surface area contributed by atoms with E-state index in [9.17, 15) is 18.4 Å². The van der Waals surface area contributed by atoms with Crippen molar-refractivity contribution < 1.29 is 23.1 Å². The van der Waals surface area contributed by atoms with Gasteiger partial charge >= 0.3 is 12.6 Å². The van der Waals surface area contributed by atoms with Gasteiger partial charge in [0.2, 0.25) is 0 Å². The van der Waals surface area contributed by atoms with E-state index in [-0.39, 0.29) is 11.3 Å². The standard InChI is InChI=1S/C21H17F2N3O3/c22-20(23)29-18-9-5-4-8-17(18)19(27)24-15-10-12-16(13-11-15)26-21(28)25-14-6-2-1-3-7-14/h1-13,20H,(H,24,27)(H2,25,26,28). The molecule has 0 heterocycles. The summed E-state index contributed by atoms with van der Waals surface area (Å²) in [6, 6.07) is 20.6. The molecule has 0 aliphatic rings. The Morgan fingerprint density at radius 2 is 1.21 bits per heavy atom. The largest absolute Gasteiger partial charge is 0.434 e. The van der Waals surface area contributed by atoms with Crippen LogP contribution in [0.4, 0.5) is 30.6 Å². The predicted octanol–water partition coefficient (Wildman–Crippen LogP) is 5.18. The molecule has 0 aliphatic carbocycles. The molecule has 3 amide bonds. The molecular weight excluding hydrogens is 380 g/mol. The van der Waals surface area contributed by atoms with Crippen LogP contribution in [0.5, 0.6) is 5.75 Å². The molecule has 0 radical (unpaired) electrons. The fraction of sp³-hybridized carbons (Fsp3) is 0.0476. The van der Waals surface area contributed by atoms with Gasteiger partial charge in [0.1, 0.15) is 5.75 Å². The Balaban J connectivity index is 1.61. The van der Waals surface area contributed by atoms with Gasteiger partial charge in [-0.15, -0.1) is 0 Å². The summed E-state index contributed by atoms with van der Waals surface area (Å²) in [4.78, 5) is 24.4. The number of urea groups is 1. The van der Waals surface area contributed by atoms with E-state index in [2.05, 4.69) is 20.7 Å². The molecule has 0 bridgehead atoms. The monoisotopic (exact) mass is 397 g/mol. The van der Waals surface area contributed by atoms with Crippen LogP contribution in [-0.4, -0.2) is 18.5 Å². The summed E-state index contributed by atoms with van der Waals surface area (Å²) in [7, 11) is 0. The molecule has 0 aromatic heterocycles. The van der Waals surface area contributed by atoms with E-state index < -0.39 is 18.5 Å². The number of hydrogen-bond donors (Lipinski definition) is 3. The maximum atomic E-state index is 12.5. The second kappa shape index (κ2) is 9.32. The molecule has 0 fully saturated rings. The number of ether oxygens (including phenoxy) is 1. The van der Waals surface area contributed by atoms with Gasteiger partial charge < -0.3 is 20.7 Å². The van der Waals surface area contributed by atoms with Crippen molar-refractivity contribution in [1.82, 2.24) is 0 Å². The number of alkyl halides is 2. The SMILES string of the molecule is O=C(Nc1ccccc1)Nc1ccc(NC(=O)c2ccccc2OC(F)F)cc1. The van der Waals surface area contributed by atoms with Gasteiger partial charge in [-0.2, -0.15) is 8.78 Å². The minimum atomic E-state index is -3.03. The van der Waals surface area contributed by atoms with Crippen LogP contribution in [0.25, 0.3) is 0 Å². The summed E-state index contributed by atoms with van der Waals surface area (Å²) in [6.45, 7) is -3.03. The molecule has 148 valence electrons. The fourth-order valence-electron chi connectivity index (χ4n) is 2.50. The Morgan fingerprint density at radius 3 is 1.83 bits per heavy atom. The normalized spacial score (nSPS) is 10.3. The molecule has 8 heteroatoms. The van der Waals surface area contributed by atoms with Crippen LogP contribution < -0.4 is 20.7 Å². The van der Waals surface area contributed by atoms with Gasteiger partial charge in [0.15, 0.2) is 0 Å². The highest BCUT2D eigenvalue weighted by Crippen LogP contribution is 2.22. The van der Waals surface area contributed by atoms with Crippen molar-refractivity contribution in [1.29, 1.82) is 0 Å². The molecule has 0 unspecified atom stereocenters. The topological polar surface area (TPSA) is 79.5 Å². The number of rotatable bonds is 6. The second-order valence-corrected chi connectivity index (χ2v) is 5.85. The Morgan fingerprint density at radius 1 is 0.690 bits per heavy atom. The Hall–Kier alpha value is -3.94. The van der Waals surface area contributed by atoms with Crippen LogP contribution in [0, 0.1) is 0 Å². The van der Waals surface area contributed by atoms with Crippen LogP contribution >= 0.6 is 0 Å². The molecule has 0 atom stereocenters. The number of hydrogen-bond acceptors (Lipinski definition) is 3. The van der Waals surface area contributed by atoms with Gasteiger partial charge in [0, 0.05) is 17.1 Å². The quantitative estimate of drug-likeness (QED) is 0.536. The zero-order valence-corrected chi connectivity index (χ0v) is 15.1. The molecule has 29 heavy (non-hydrogen) atoms. The number of halogens is 2. The molecule has 3 aromatic carbocycles. The first kappa shape index (κ1) is 19.8. The van der Waals surface area contributed by atoms with Gasteiger partial charge in [0.05, 0.1) is 5.56 Å². The van der Waals surface area contributed by atoms with Crippen molar-refractivity contribution in [2.45, 2.75) is 6.61 Å². The molecule has 0 aliphatic heterocycles. The number of carbonyl (C=O) groups excluding carboxylic acids is 2. The minimum Gasteiger partial charge on any atom is -0.434 e. The number of nitrogens with one attached hydrogen (secondary N) is 3. The van der Waals surface area contributed by atoms with Gasteiger partial charge in [-0.05, 0) is 48.5 Å². The number of benzene rings is 3. The Bertz CT molecular complexity index is 980. The maximum absolute atomic E-state index is 12.5. The highest BCUT2D eigenvalue weighted by Gasteiger charge is 2.15. The summed E-state index contributed by atoms with van der Waals surface area (Å²) in [5.74, 6) is -0.806. The van der Waals surface area contributed by atoms with Gasteiger partial charge in [-0.25, -0.2) is 4.79 Å². The first-order valence-electron chi connectivity index (χ1n) is 8.59. The molecule has 0 spiro atoms. The summed E-state index contributed by atoms with van der Waals surface area (Å²) in [5.41, 5.74) is 1.57. The Kier molecular flexibility index (Phi) is 6.36. The third-order valence-corrected chi connectivity index (χ3v) is 3.78. The summed E-state index contributed by atoms with van der Waals surface area (Å²) in [5, 5.41) is 7.95. The van der Waals surface area contributed by atoms with Gasteiger partial charge in [-0.3, -0.25) is 4.79 Å². The highest BCUT2D eigenvalue weighted by atomic mass is 19.3. The predicted molar refractivity (Wildman–Crippen MR) is 107 cm³/mol. The van der Waals surface area contributed by atoms with E-state index in [1.165, 1.54) is 18.2 Å². The van der Waals surface area contributed by atoms with Crippen LogP contribution in [0.2, 0.25) is 0 Å². The van der Waals surface area contributed by atoms with E-state index in [4.69, 9.17) is 0 Å². The van der Waals surface area contributed by atoms with Crippen molar-refractivity contribution in [2.24, 2.45) is 0 Å². The lowest BCUT2D eigenvalue weighted by Gasteiger charge is -2.11. The van der Waals surface area contributed by atoms with Crippen molar-refractivity contribution in [3.05, 3.63) is 84.4 Å². The second-order valence-electron chi connectivity index (χ2n) is 5.85. The third kappa shape index (κ3) is 5.77. The van der Waals surface area contributed by atoms with E-state index in [1.807, 2.05) is 6.07 Å². The first-order chi connectivity index (χ1) is 14.0. The average molecular weight is 397 g/mol. The van der Waals surface area contributed by atoms with E-state index in [0.717, 1.165) is 0 Å². The first-order valence-corrected chi connectivity index (χ1v) is 8.59. The van der Waals surface area contributed by atoms with E-state index in [1.54, 1.807) is 54.6 Å². The zero-order chi connectivity index (χ0) is 20.6. The van der Waals surface area contributed by atoms with Crippen LogP contribution in [0.3, 0.4) is 0 Å². The lowest BCUT2D eigenvalue weighted by Crippen LogP contribution is -2.19. The van der Waals surface area contributed by atoms with Crippen LogP contribution in [0.15, 0.2) is 78.9 Å². The lowest BCUT2D eigenvalue weighted by atomic mass is 10.2. The van der Waals surface area contributed by atoms with Gasteiger partial charge in [0.25, 0.3) is 5.91 Å². The summed E-state index contributed by atoms with van der Waals surface area (Å²) in [6.07, 6.45) is 0. The van der Waals surface area contributed by atoms with Crippen LogP contribution in [-0.2, 0) is 0 Å². The van der Waals surface area contributed by atoms with Gasteiger partial charge in [-0.1, -0.05) is 30.3 Å². The number of amides is 3. The van der Waals surface area contributed by atoms with Crippen molar-refractivity contribution in [3.8, 4) is 5.75 Å². The smallest absolute Gasteiger partial charge is 0.387 e. The number of carbonyl (C=O) groups is 2. The summed E-state index contributed by atoms with van der Waals surface area (Å²) < 4.78 is 29.3. The molecule has 0 saturated heterocycles. The van der Waals surface area contributed by atoms with E-state index >= 15 is 0 Å². The van der Waals surface area contributed by atoms with Crippen LogP contribution in [0.1, 0.15) is 10.4 Å². The van der Waals surface area contributed by atoms with Crippen molar-refractivity contribution in [2.75, 3.05) is 16.0 Å². The molecule has 3 aromatic rings. The maximum Gasteiger partial charge on any atom is 0.387 e. The number of para-hydroxylation sites is 2. The highest BCUT2D eigenvalue weighted by molar-refractivity contribution is 6.06. The Labute approximate surface area is 165 Å². The zero-order valence-electron chi connectivity index (χ0n) is 15.1. The average Bonchev–Trinajstić information content (AvgIpc) is 2.70. The minimum absolute atomic E-state index is 0.0164. The van der Waals surface area contributed by atoms with E-state index in [0.29, 0.717) is 17.1 Å². The van der Waals surface area contributed by atoms with Crippen molar-refractivity contribution in [3.63, 3.8) is 0 Å². The molecule has 3 N–H and O–H groups in total. The number of anilines is 3.